The fourth-order valence-electron chi connectivity index (χ4n) is 6.29. The lowest BCUT2D eigenvalue weighted by Crippen LogP contribution is -2.59. The van der Waals surface area contributed by atoms with Gasteiger partial charge in [-0.05, 0) is 32.6 Å². The maximum absolute atomic E-state index is 12.7. The Morgan fingerprint density at radius 3 is 1.14 bits per heavy atom. The Labute approximate surface area is 262 Å². The third kappa shape index (κ3) is 20.3. The number of unbranched alkanes of at least 4 members (excludes halogenated alkanes) is 22. The third-order valence-electron chi connectivity index (χ3n) is 9.02. The van der Waals surface area contributed by atoms with E-state index in [9.17, 15) is 15.0 Å². The molecule has 0 amide bonds. The van der Waals surface area contributed by atoms with Crippen molar-refractivity contribution in [2.45, 2.75) is 232 Å². The Morgan fingerprint density at radius 1 is 0.571 bits per heavy atom. The van der Waals surface area contributed by atoms with E-state index in [-0.39, 0.29) is 18.8 Å². The average molecular weight is 599 g/mol. The van der Waals surface area contributed by atoms with Crippen molar-refractivity contribution in [2.24, 2.45) is 0 Å². The zero-order valence-electron chi connectivity index (χ0n) is 29.0. The zero-order valence-corrected chi connectivity index (χ0v) is 29.0. The molecule has 0 aromatic carbocycles. The fourth-order valence-corrected chi connectivity index (χ4v) is 6.29. The first-order valence-corrected chi connectivity index (χ1v) is 18.6. The molecule has 42 heavy (non-hydrogen) atoms. The monoisotopic (exact) mass is 599 g/mol. The summed E-state index contributed by atoms with van der Waals surface area (Å²) >= 11 is 0. The first-order chi connectivity index (χ1) is 20.3. The zero-order chi connectivity index (χ0) is 31.4. The average Bonchev–Trinajstić information content (AvgIpc) is 2.97. The van der Waals surface area contributed by atoms with Gasteiger partial charge in [-0.3, -0.25) is 4.79 Å². The van der Waals surface area contributed by atoms with Crippen LogP contribution in [0.15, 0.2) is 0 Å². The summed E-state index contributed by atoms with van der Waals surface area (Å²) in [5.74, 6) is -2.02. The summed E-state index contributed by atoms with van der Waals surface area (Å²) in [5.41, 5.74) is -1.14. The number of carbonyl (C=O) groups excluding carboxylic acids is 1. The molecule has 0 aliphatic heterocycles. The molecule has 2 N–H and O–H groups in total. The highest BCUT2D eigenvalue weighted by molar-refractivity contribution is 5.69. The van der Waals surface area contributed by atoms with E-state index in [2.05, 4.69) is 13.8 Å². The van der Waals surface area contributed by atoms with Crippen molar-refractivity contribution in [2.75, 3.05) is 0 Å². The van der Waals surface area contributed by atoms with E-state index >= 15 is 0 Å². The van der Waals surface area contributed by atoms with Crippen LogP contribution in [0.5, 0.6) is 0 Å². The van der Waals surface area contributed by atoms with Crippen molar-refractivity contribution in [3.63, 3.8) is 0 Å². The van der Waals surface area contributed by atoms with Gasteiger partial charge < -0.3 is 19.7 Å². The lowest BCUT2D eigenvalue weighted by Gasteiger charge is -2.46. The summed E-state index contributed by atoms with van der Waals surface area (Å²) in [6, 6.07) is 0. The first-order valence-electron chi connectivity index (χ1n) is 18.6. The number of hydrogen-bond acceptors (Lipinski definition) is 5. The van der Waals surface area contributed by atoms with Crippen molar-refractivity contribution in [3.05, 3.63) is 0 Å². The van der Waals surface area contributed by atoms with Gasteiger partial charge in [-0.15, -0.1) is 0 Å². The number of esters is 1. The molecule has 2 atom stereocenters. The second-order valence-corrected chi connectivity index (χ2v) is 13.0. The standard InChI is InChI=1S/C37H74O5/c1-6-10-12-14-16-18-20-22-24-26-28-30-32-36(42-35(39)8-3,37(40,9-4)41-34(5)38)33-31-29-27-25-23-21-19-17-15-13-11-7-2/h34,38,40H,6-33H2,1-5H3. The van der Waals surface area contributed by atoms with Crippen LogP contribution in [0.2, 0.25) is 0 Å². The predicted molar refractivity (Wildman–Crippen MR) is 179 cm³/mol. The Bertz CT molecular complexity index is 565. The number of rotatable bonds is 32. The van der Waals surface area contributed by atoms with Crippen LogP contribution < -0.4 is 0 Å². The van der Waals surface area contributed by atoms with E-state index in [1.54, 1.807) is 6.92 Å². The molecular formula is C37H74O5. The van der Waals surface area contributed by atoms with Gasteiger partial charge in [-0.25, -0.2) is 0 Å². The minimum atomic E-state index is -1.71. The van der Waals surface area contributed by atoms with Crippen molar-refractivity contribution >= 4 is 5.97 Å². The van der Waals surface area contributed by atoms with Crippen molar-refractivity contribution in [1.29, 1.82) is 0 Å². The number of aliphatic hydroxyl groups is 2. The Hall–Kier alpha value is -0.650. The number of ether oxygens (including phenoxy) is 2. The normalized spacial score (nSPS) is 14.2. The molecule has 0 heterocycles. The highest BCUT2D eigenvalue weighted by Gasteiger charge is 2.53. The second kappa shape index (κ2) is 27.9. The summed E-state index contributed by atoms with van der Waals surface area (Å²) in [7, 11) is 0. The van der Waals surface area contributed by atoms with Gasteiger partial charge in [0.15, 0.2) is 11.9 Å². The first kappa shape index (κ1) is 41.4. The molecular weight excluding hydrogens is 524 g/mol. The van der Waals surface area contributed by atoms with Gasteiger partial charge in [0.05, 0.1) is 0 Å². The molecule has 0 aliphatic carbocycles. The van der Waals surface area contributed by atoms with Crippen LogP contribution in [-0.2, 0) is 14.3 Å². The summed E-state index contributed by atoms with van der Waals surface area (Å²) in [4.78, 5) is 12.7. The molecule has 0 fully saturated rings. The van der Waals surface area contributed by atoms with Crippen LogP contribution in [0.25, 0.3) is 0 Å². The van der Waals surface area contributed by atoms with E-state index < -0.39 is 17.7 Å². The molecule has 2 unspecified atom stereocenters. The summed E-state index contributed by atoms with van der Waals surface area (Å²) in [6.45, 7) is 9.68. The minimum Gasteiger partial charge on any atom is -0.453 e. The molecule has 0 aliphatic rings. The SMILES string of the molecule is CCCCCCCCCCCCCCC(CCCCCCCCCCCCCC)(OC(=O)CC)C(O)(CC)OC(C)O. The molecule has 0 saturated carbocycles. The molecule has 0 aromatic rings. The highest BCUT2D eigenvalue weighted by Crippen LogP contribution is 2.41. The number of carbonyl (C=O) groups is 1. The van der Waals surface area contributed by atoms with E-state index in [1.807, 2.05) is 6.92 Å². The number of hydrogen-bond donors (Lipinski definition) is 2. The van der Waals surface area contributed by atoms with Gasteiger partial charge >= 0.3 is 5.97 Å². The maximum Gasteiger partial charge on any atom is 0.306 e. The molecule has 5 nitrogen and oxygen atoms in total. The third-order valence-corrected chi connectivity index (χ3v) is 9.02. The van der Waals surface area contributed by atoms with Crippen LogP contribution in [0.1, 0.15) is 214 Å². The summed E-state index contributed by atoms with van der Waals surface area (Å²) in [5, 5.41) is 21.8. The van der Waals surface area contributed by atoms with Crippen LogP contribution in [0.4, 0.5) is 0 Å². The van der Waals surface area contributed by atoms with Gasteiger partial charge in [0, 0.05) is 12.8 Å². The molecule has 0 aromatic heterocycles. The van der Waals surface area contributed by atoms with Gasteiger partial charge in [0.25, 0.3) is 0 Å². The molecule has 0 rings (SSSR count). The van der Waals surface area contributed by atoms with E-state index in [0.717, 1.165) is 38.5 Å². The van der Waals surface area contributed by atoms with Crippen molar-refractivity contribution in [3.8, 4) is 0 Å². The topological polar surface area (TPSA) is 76.0 Å². The Balaban J connectivity index is 4.83. The molecule has 0 spiro atoms. The van der Waals surface area contributed by atoms with Crippen LogP contribution in [0, 0.1) is 0 Å². The van der Waals surface area contributed by atoms with E-state index in [0.29, 0.717) is 12.8 Å². The van der Waals surface area contributed by atoms with E-state index in [1.165, 1.54) is 122 Å². The fraction of sp³-hybridized carbons (Fsp3) is 0.973. The molecule has 252 valence electrons. The molecule has 0 radical (unpaired) electrons. The summed E-state index contributed by atoms with van der Waals surface area (Å²) < 4.78 is 11.9. The highest BCUT2D eigenvalue weighted by atomic mass is 16.7. The lowest BCUT2D eigenvalue weighted by atomic mass is 9.80. The molecule has 0 bridgehead atoms. The van der Waals surface area contributed by atoms with Crippen LogP contribution >= 0.6 is 0 Å². The quantitative estimate of drug-likeness (QED) is 0.0457. The van der Waals surface area contributed by atoms with E-state index in [4.69, 9.17) is 9.47 Å². The predicted octanol–water partition coefficient (Wildman–Crippen LogP) is 11.3. The minimum absolute atomic E-state index is 0.255. The van der Waals surface area contributed by atoms with Crippen LogP contribution in [0.3, 0.4) is 0 Å². The summed E-state index contributed by atoms with van der Waals surface area (Å²) in [6.07, 6.45) is 30.6. The van der Waals surface area contributed by atoms with Gasteiger partial charge in [0.1, 0.15) is 0 Å². The Morgan fingerprint density at radius 2 is 0.881 bits per heavy atom. The largest absolute Gasteiger partial charge is 0.453 e. The molecule has 5 heteroatoms. The Kier molecular flexibility index (Phi) is 27.4. The van der Waals surface area contributed by atoms with Crippen LogP contribution in [-0.4, -0.2) is 33.9 Å². The van der Waals surface area contributed by atoms with Gasteiger partial charge in [-0.1, -0.05) is 169 Å². The maximum atomic E-state index is 12.7. The second-order valence-electron chi connectivity index (χ2n) is 13.0. The smallest absolute Gasteiger partial charge is 0.306 e. The molecule has 0 saturated heterocycles. The van der Waals surface area contributed by atoms with Gasteiger partial charge in [0.2, 0.25) is 5.79 Å². The lowest BCUT2D eigenvalue weighted by molar-refractivity contribution is -0.348. The van der Waals surface area contributed by atoms with Crippen molar-refractivity contribution < 1.29 is 24.5 Å². The number of aliphatic hydroxyl groups excluding tert-OH is 1. The van der Waals surface area contributed by atoms with Gasteiger partial charge in [-0.2, -0.15) is 0 Å². The van der Waals surface area contributed by atoms with Crippen molar-refractivity contribution in [1.82, 2.24) is 0 Å².